The molecule has 0 unspecified atom stereocenters. The zero-order valence-electron chi connectivity index (χ0n) is 74.6. The number of furan rings is 3. The molecule has 640 valence electrons. The predicted molar refractivity (Wildman–Crippen MR) is 552 cm³/mol. The molecule has 0 spiro atoms. The average Bonchev–Trinajstić information content (AvgIpc) is 1.56. The van der Waals surface area contributed by atoms with Crippen molar-refractivity contribution in [2.75, 3.05) is 0 Å². The summed E-state index contributed by atoms with van der Waals surface area (Å²) >= 11 is 0. The number of hydrogen-bond donors (Lipinski definition) is 0. The molecule has 0 radical (unpaired) electrons. The van der Waals surface area contributed by atoms with Crippen molar-refractivity contribution in [3.63, 3.8) is 0 Å². The third-order valence-electron chi connectivity index (χ3n) is 27.8. The molecule has 12 nitrogen and oxygen atoms in total. The van der Waals surface area contributed by atoms with Gasteiger partial charge in [-0.25, -0.2) is 44.9 Å². The molecule has 6 heterocycles. The topological polar surface area (TPSA) is 155 Å². The molecule has 0 saturated carbocycles. The first-order valence-electron chi connectivity index (χ1n) is 46.1. The van der Waals surface area contributed by atoms with E-state index in [0.717, 1.165) is 155 Å². The standard InChI is InChI=1S/C44H29N3O.C40H27N3O.C40H25N3O/c1-44(2)37-19-11-10-18-32(37)33-24-35-34-23-28(20-21-39(34)48-40(35)25-38(33)44)42-45-41(26-12-4-3-5-13-26)46-43(47-42)36-22-27-14-6-7-15-29(27)30-16-8-9-17-31(30)36;1-40(2)33-18-9-8-16-28(33)30-22-32-31-21-26(19-20-35(31)44-36(32)23-34(30)40)38-41-37(25-12-4-3-5-13-25)42-39(43-38)29-17-10-14-24-11-6-7-15-27(24)29;1-3-10-25(11-4-1)38-41-39(26-12-5-2-6-13-26)43-40(42-38)30-16-9-15-27(20-30)28-18-19-36-34(22-28)35-24-33-31(23-37(35)44-36)21-29-14-7-8-17-32(29)33/h3-25H,1-2H3;3-23H,1-2H3;1-20,22-24H,21H2. The quantitative estimate of drug-likeness (QED) is 0.120. The summed E-state index contributed by atoms with van der Waals surface area (Å²) in [5, 5.41) is 13.5. The Morgan fingerprint density at radius 1 is 0.169 bits per heavy atom. The number of nitrogens with zero attached hydrogens (tertiary/aromatic N) is 9. The Hall–Kier alpha value is -17.6. The van der Waals surface area contributed by atoms with Crippen molar-refractivity contribution in [1.82, 2.24) is 44.9 Å². The second-order valence-electron chi connectivity index (χ2n) is 36.6. The molecule has 3 aliphatic carbocycles. The van der Waals surface area contributed by atoms with Crippen molar-refractivity contribution in [2.24, 2.45) is 0 Å². The van der Waals surface area contributed by atoms with Gasteiger partial charge in [0.25, 0.3) is 0 Å². The second kappa shape index (κ2) is 31.6. The van der Waals surface area contributed by atoms with Crippen LogP contribution in [0.2, 0.25) is 0 Å². The Morgan fingerprint density at radius 2 is 0.500 bits per heavy atom. The molecule has 12 heteroatoms. The van der Waals surface area contributed by atoms with Gasteiger partial charge < -0.3 is 13.3 Å². The van der Waals surface area contributed by atoms with Crippen LogP contribution < -0.4 is 0 Å². The molecule has 0 aliphatic heterocycles. The number of fused-ring (bicyclic) bond motifs is 22. The first kappa shape index (κ1) is 79.3. The number of aromatic nitrogens is 9. The van der Waals surface area contributed by atoms with Gasteiger partial charge in [0.1, 0.15) is 33.5 Å². The molecule has 25 aromatic rings. The van der Waals surface area contributed by atoms with Gasteiger partial charge in [0.15, 0.2) is 52.4 Å². The van der Waals surface area contributed by atoms with Gasteiger partial charge in [-0.05, 0) is 214 Å². The van der Waals surface area contributed by atoms with Crippen LogP contribution >= 0.6 is 0 Å². The summed E-state index contributed by atoms with van der Waals surface area (Å²) in [5.74, 6) is 5.79. The van der Waals surface area contributed by atoms with Crippen molar-refractivity contribution >= 4 is 98.1 Å². The third kappa shape index (κ3) is 13.5. The minimum Gasteiger partial charge on any atom is -0.456 e. The van der Waals surface area contributed by atoms with Crippen molar-refractivity contribution in [2.45, 2.75) is 44.9 Å². The van der Waals surface area contributed by atoms with E-state index in [1.165, 1.54) is 77.5 Å². The van der Waals surface area contributed by atoms with Crippen molar-refractivity contribution in [3.8, 4) is 147 Å². The monoisotopic (exact) mass is 1740 g/mol. The molecular weight excluding hydrogens is 1660 g/mol. The summed E-state index contributed by atoms with van der Waals surface area (Å²) in [6.07, 6.45) is 0.950. The molecule has 0 atom stereocenters. The van der Waals surface area contributed by atoms with Crippen LogP contribution in [-0.2, 0) is 17.3 Å². The van der Waals surface area contributed by atoms with E-state index >= 15 is 0 Å². The Balaban J connectivity index is 0.000000106. The largest absolute Gasteiger partial charge is 0.456 e. The number of hydrogen-bond acceptors (Lipinski definition) is 12. The average molecular weight is 1750 g/mol. The molecule has 6 aromatic heterocycles. The van der Waals surface area contributed by atoms with Crippen molar-refractivity contribution in [1.29, 1.82) is 0 Å². The van der Waals surface area contributed by atoms with Gasteiger partial charge >= 0.3 is 0 Å². The van der Waals surface area contributed by atoms with E-state index in [1.54, 1.807) is 0 Å². The molecule has 0 amide bonds. The van der Waals surface area contributed by atoms with Crippen LogP contribution in [0.15, 0.2) is 420 Å². The van der Waals surface area contributed by atoms with Gasteiger partial charge in [-0.15, -0.1) is 0 Å². The van der Waals surface area contributed by atoms with E-state index in [0.29, 0.717) is 52.4 Å². The second-order valence-corrected chi connectivity index (χ2v) is 36.6. The molecule has 0 fully saturated rings. The van der Waals surface area contributed by atoms with Crippen LogP contribution in [0, 0.1) is 0 Å². The minimum atomic E-state index is -0.0910. The highest BCUT2D eigenvalue weighted by atomic mass is 16.3. The molecule has 19 aromatic carbocycles. The van der Waals surface area contributed by atoms with Gasteiger partial charge in [0, 0.05) is 93.2 Å². The molecule has 3 aliphatic rings. The molecule has 136 heavy (non-hydrogen) atoms. The molecule has 28 rings (SSSR count). The molecule has 0 bridgehead atoms. The SMILES string of the molecule is CC1(C)c2ccccc2-c2cc3c(cc21)oc1ccc(-c2nc(-c4ccccc4)nc(-c4cc5ccccc5c5ccccc45)n2)cc13.CC1(C)c2ccccc2-c2cc3c(cc21)oc1ccc(-c2nc(-c4ccccc4)nc(-c4cccc5ccccc45)n2)cc13.c1ccc(-c2nc(-c3ccccc3)nc(-c3cccc(-c4ccc5oc6cc7c(cc6c5c4)-c4ccccc4C7)c3)n2)cc1. The van der Waals surface area contributed by atoms with Crippen molar-refractivity contribution < 1.29 is 13.3 Å². The van der Waals surface area contributed by atoms with Gasteiger partial charge in [-0.3, -0.25) is 0 Å². The van der Waals surface area contributed by atoms with Crippen LogP contribution in [0.4, 0.5) is 0 Å². The lowest BCUT2D eigenvalue weighted by atomic mass is 9.82. The van der Waals surface area contributed by atoms with E-state index < -0.39 is 0 Å². The van der Waals surface area contributed by atoms with Crippen LogP contribution in [0.1, 0.15) is 61.1 Å². The lowest BCUT2D eigenvalue weighted by molar-refractivity contribution is 0.647. The van der Waals surface area contributed by atoms with Gasteiger partial charge in [-0.1, -0.05) is 337 Å². The van der Waals surface area contributed by atoms with E-state index in [-0.39, 0.29) is 10.8 Å². The first-order chi connectivity index (χ1) is 66.8. The fraction of sp³-hybridized carbons (Fsp3) is 0.0565. The Labute approximate surface area is 782 Å². The summed E-state index contributed by atoms with van der Waals surface area (Å²) in [4.78, 5) is 45.1. The van der Waals surface area contributed by atoms with E-state index in [1.807, 2.05) is 133 Å². The molecular formula is C124H81N9O3. The minimum absolute atomic E-state index is 0.0824. The fourth-order valence-corrected chi connectivity index (χ4v) is 20.9. The lowest BCUT2D eigenvalue weighted by Crippen LogP contribution is -2.14. The summed E-state index contributed by atoms with van der Waals surface area (Å²) < 4.78 is 19.3. The Bertz CT molecular complexity index is 9160. The van der Waals surface area contributed by atoms with Crippen LogP contribution in [0.3, 0.4) is 0 Å². The number of benzene rings is 19. The smallest absolute Gasteiger partial charge is 0.164 e. The summed E-state index contributed by atoms with van der Waals surface area (Å²) in [6, 6.07) is 141. The van der Waals surface area contributed by atoms with Gasteiger partial charge in [0.05, 0.1) is 0 Å². The maximum absolute atomic E-state index is 6.48. The normalized spacial score (nSPS) is 12.9. The van der Waals surface area contributed by atoms with Crippen molar-refractivity contribution in [3.05, 3.63) is 440 Å². The molecule has 0 saturated heterocycles. The van der Waals surface area contributed by atoms with Crippen LogP contribution in [0.25, 0.3) is 245 Å². The Kier molecular flexibility index (Phi) is 18.4. The van der Waals surface area contributed by atoms with E-state index in [2.05, 4.69) is 301 Å². The van der Waals surface area contributed by atoms with E-state index in [4.69, 9.17) is 58.1 Å². The first-order valence-corrected chi connectivity index (χ1v) is 46.1. The zero-order valence-corrected chi connectivity index (χ0v) is 74.6. The highest BCUT2D eigenvalue weighted by molar-refractivity contribution is 6.15. The highest BCUT2D eigenvalue weighted by Crippen LogP contribution is 2.54. The third-order valence-corrected chi connectivity index (χ3v) is 27.8. The lowest BCUT2D eigenvalue weighted by Gasteiger charge is -2.21. The predicted octanol–water partition coefficient (Wildman–Crippen LogP) is 31.6. The van der Waals surface area contributed by atoms with Crippen LogP contribution in [0.5, 0.6) is 0 Å². The summed E-state index contributed by atoms with van der Waals surface area (Å²) in [7, 11) is 0. The van der Waals surface area contributed by atoms with E-state index in [9.17, 15) is 0 Å². The fourth-order valence-electron chi connectivity index (χ4n) is 20.9. The summed E-state index contributed by atoms with van der Waals surface area (Å²) in [5.41, 5.74) is 31.7. The zero-order chi connectivity index (χ0) is 90.4. The molecule has 0 N–H and O–H groups in total. The maximum atomic E-state index is 6.48. The maximum Gasteiger partial charge on any atom is 0.164 e. The van der Waals surface area contributed by atoms with Gasteiger partial charge in [-0.2, -0.15) is 0 Å². The van der Waals surface area contributed by atoms with Crippen LogP contribution in [-0.4, -0.2) is 44.9 Å². The number of rotatable bonds is 10. The Morgan fingerprint density at radius 3 is 1.01 bits per heavy atom. The summed E-state index contributed by atoms with van der Waals surface area (Å²) in [6.45, 7) is 9.18. The highest BCUT2D eigenvalue weighted by Gasteiger charge is 2.38. The van der Waals surface area contributed by atoms with Gasteiger partial charge in [0.2, 0.25) is 0 Å².